The van der Waals surface area contributed by atoms with Crippen molar-refractivity contribution in [2.75, 3.05) is 5.32 Å². The maximum Gasteiger partial charge on any atom is 0.288 e. The zero-order valence-electron chi connectivity index (χ0n) is 12.9. The Labute approximate surface area is 142 Å². The molecule has 3 rings (SSSR count). The minimum atomic E-state index is -2.40. The van der Waals surface area contributed by atoms with Crippen LogP contribution in [-0.2, 0) is 13.6 Å². The second-order valence-corrected chi connectivity index (χ2v) is 6.17. The summed E-state index contributed by atoms with van der Waals surface area (Å²) in [5.41, 5.74) is 2.71. The number of benzene rings is 1. The Hall–Kier alpha value is -2.48. The zero-order chi connectivity index (χ0) is 16.9. The lowest BCUT2D eigenvalue weighted by molar-refractivity contribution is 0.252. The Morgan fingerprint density at radius 2 is 2.00 bits per heavy atom. The summed E-state index contributed by atoms with van der Waals surface area (Å²) in [6.45, 7) is 0.573. The molecule has 1 aromatic carbocycles. The standard InChI is InChI=1S/C16H15F2N5S/c1-23-10-21-22-15(23)12-6-13(9-19-8-12)20-7-11-2-4-14(5-3-11)24-16(17)18/h2-6,8-10,16,20H,7H2,1H3. The van der Waals surface area contributed by atoms with E-state index in [0.717, 1.165) is 22.6 Å². The van der Waals surface area contributed by atoms with Gasteiger partial charge in [0, 0.05) is 36.4 Å². The normalized spacial score (nSPS) is 11.0. The third-order valence-corrected chi connectivity index (χ3v) is 4.08. The van der Waals surface area contributed by atoms with Crippen LogP contribution in [0.2, 0.25) is 0 Å². The van der Waals surface area contributed by atoms with Crippen LogP contribution in [-0.4, -0.2) is 25.5 Å². The Morgan fingerprint density at radius 1 is 1.21 bits per heavy atom. The number of nitrogens with one attached hydrogen (secondary N) is 1. The zero-order valence-corrected chi connectivity index (χ0v) is 13.7. The molecule has 0 aliphatic rings. The predicted octanol–water partition coefficient (Wildman–Crippen LogP) is 3.80. The van der Waals surface area contributed by atoms with Crippen LogP contribution in [0.25, 0.3) is 11.4 Å². The van der Waals surface area contributed by atoms with Crippen LogP contribution in [0.1, 0.15) is 5.56 Å². The smallest absolute Gasteiger partial charge is 0.288 e. The van der Waals surface area contributed by atoms with Crippen molar-refractivity contribution in [3.05, 3.63) is 54.6 Å². The number of thioether (sulfide) groups is 1. The molecule has 0 aliphatic heterocycles. The summed E-state index contributed by atoms with van der Waals surface area (Å²) in [4.78, 5) is 4.77. The SMILES string of the molecule is Cn1cnnc1-c1cncc(NCc2ccc(SC(F)F)cc2)c1. The minimum Gasteiger partial charge on any atom is -0.380 e. The van der Waals surface area contributed by atoms with Crippen molar-refractivity contribution in [2.45, 2.75) is 17.2 Å². The van der Waals surface area contributed by atoms with Gasteiger partial charge in [-0.15, -0.1) is 10.2 Å². The number of pyridine rings is 1. The summed E-state index contributed by atoms with van der Waals surface area (Å²) < 4.78 is 26.4. The molecule has 3 aromatic rings. The largest absolute Gasteiger partial charge is 0.380 e. The van der Waals surface area contributed by atoms with Gasteiger partial charge in [-0.25, -0.2) is 0 Å². The van der Waals surface area contributed by atoms with Crippen LogP contribution in [0.5, 0.6) is 0 Å². The van der Waals surface area contributed by atoms with Crippen LogP contribution < -0.4 is 5.32 Å². The van der Waals surface area contributed by atoms with Gasteiger partial charge < -0.3 is 9.88 Å². The molecule has 0 aliphatic carbocycles. The van der Waals surface area contributed by atoms with Crippen molar-refractivity contribution in [2.24, 2.45) is 7.05 Å². The third-order valence-electron chi connectivity index (χ3n) is 3.35. The Kier molecular flexibility index (Phi) is 5.05. The lowest BCUT2D eigenvalue weighted by Gasteiger charge is -2.08. The van der Waals surface area contributed by atoms with Crippen molar-refractivity contribution in [1.29, 1.82) is 0 Å². The van der Waals surface area contributed by atoms with Gasteiger partial charge in [0.2, 0.25) is 0 Å². The van der Waals surface area contributed by atoms with Crippen LogP contribution in [0.3, 0.4) is 0 Å². The van der Waals surface area contributed by atoms with Gasteiger partial charge in [-0.2, -0.15) is 8.78 Å². The van der Waals surface area contributed by atoms with E-state index in [1.54, 1.807) is 30.9 Å². The Balaban J connectivity index is 1.66. The molecule has 0 amide bonds. The van der Waals surface area contributed by atoms with Gasteiger partial charge in [-0.05, 0) is 23.8 Å². The highest BCUT2D eigenvalue weighted by molar-refractivity contribution is 7.99. The quantitative estimate of drug-likeness (QED) is 0.687. The van der Waals surface area contributed by atoms with Crippen LogP contribution in [0.4, 0.5) is 14.5 Å². The fourth-order valence-electron chi connectivity index (χ4n) is 2.20. The van der Waals surface area contributed by atoms with E-state index in [-0.39, 0.29) is 0 Å². The summed E-state index contributed by atoms with van der Waals surface area (Å²) in [5.74, 6) is -1.66. The van der Waals surface area contributed by atoms with E-state index >= 15 is 0 Å². The van der Waals surface area contributed by atoms with E-state index in [9.17, 15) is 8.78 Å². The van der Waals surface area contributed by atoms with Gasteiger partial charge in [0.1, 0.15) is 6.33 Å². The van der Waals surface area contributed by atoms with Gasteiger partial charge in [0.05, 0.1) is 5.69 Å². The van der Waals surface area contributed by atoms with Gasteiger partial charge >= 0.3 is 0 Å². The molecule has 0 unspecified atom stereocenters. The Bertz CT molecular complexity index is 804. The predicted molar refractivity (Wildman–Crippen MR) is 89.9 cm³/mol. The molecule has 1 N–H and O–H groups in total. The summed E-state index contributed by atoms with van der Waals surface area (Å²) in [6, 6.07) is 9.00. The highest BCUT2D eigenvalue weighted by Gasteiger charge is 2.07. The van der Waals surface area contributed by atoms with Crippen LogP contribution >= 0.6 is 11.8 Å². The molecule has 24 heavy (non-hydrogen) atoms. The first-order valence-electron chi connectivity index (χ1n) is 7.19. The molecule has 0 saturated heterocycles. The second kappa shape index (κ2) is 7.39. The molecule has 2 aromatic heterocycles. The number of halogens is 2. The number of rotatable bonds is 6. The molecule has 2 heterocycles. The molecule has 0 atom stereocenters. The fraction of sp³-hybridized carbons (Fsp3) is 0.188. The molecular weight excluding hydrogens is 332 g/mol. The number of anilines is 1. The first kappa shape index (κ1) is 16.4. The summed E-state index contributed by atoms with van der Waals surface area (Å²) in [6.07, 6.45) is 5.08. The Morgan fingerprint density at radius 3 is 2.67 bits per heavy atom. The van der Waals surface area contributed by atoms with E-state index in [1.165, 1.54) is 0 Å². The van der Waals surface area contributed by atoms with E-state index < -0.39 is 5.76 Å². The molecule has 0 spiro atoms. The monoisotopic (exact) mass is 347 g/mol. The van der Waals surface area contributed by atoms with E-state index in [4.69, 9.17) is 0 Å². The lowest BCUT2D eigenvalue weighted by Crippen LogP contribution is -2.00. The second-order valence-electron chi connectivity index (χ2n) is 5.10. The third kappa shape index (κ3) is 4.08. The molecule has 5 nitrogen and oxygen atoms in total. The maximum absolute atomic E-state index is 12.3. The number of hydrogen-bond donors (Lipinski definition) is 1. The topological polar surface area (TPSA) is 55.6 Å². The highest BCUT2D eigenvalue weighted by Crippen LogP contribution is 2.25. The van der Waals surface area contributed by atoms with Gasteiger partial charge in [0.25, 0.3) is 5.76 Å². The van der Waals surface area contributed by atoms with Crippen LogP contribution in [0.15, 0.2) is 53.9 Å². The molecule has 0 radical (unpaired) electrons. The van der Waals surface area contributed by atoms with E-state index in [2.05, 4.69) is 20.5 Å². The molecule has 8 heteroatoms. The highest BCUT2D eigenvalue weighted by atomic mass is 32.2. The first-order valence-corrected chi connectivity index (χ1v) is 8.07. The van der Waals surface area contributed by atoms with E-state index in [1.807, 2.05) is 29.8 Å². The molecular formula is C16H15F2N5S. The maximum atomic E-state index is 12.3. The van der Waals surface area contributed by atoms with Gasteiger partial charge in [-0.1, -0.05) is 23.9 Å². The van der Waals surface area contributed by atoms with Gasteiger partial charge in [-0.3, -0.25) is 4.98 Å². The summed E-state index contributed by atoms with van der Waals surface area (Å²) in [7, 11) is 1.87. The number of nitrogens with zero attached hydrogens (tertiary/aromatic N) is 4. The van der Waals surface area contributed by atoms with Crippen LogP contribution in [0, 0.1) is 0 Å². The van der Waals surface area contributed by atoms with Crippen molar-refractivity contribution in [1.82, 2.24) is 19.7 Å². The lowest BCUT2D eigenvalue weighted by atomic mass is 10.2. The van der Waals surface area contributed by atoms with Crippen molar-refractivity contribution < 1.29 is 8.78 Å². The van der Waals surface area contributed by atoms with Crippen molar-refractivity contribution >= 4 is 17.4 Å². The minimum absolute atomic E-state index is 0.544. The van der Waals surface area contributed by atoms with Crippen molar-refractivity contribution in [3.63, 3.8) is 0 Å². The molecule has 124 valence electrons. The summed E-state index contributed by atoms with van der Waals surface area (Å²) >= 11 is 0.544. The molecule has 0 bridgehead atoms. The first-order chi connectivity index (χ1) is 11.6. The van der Waals surface area contributed by atoms with E-state index in [0.29, 0.717) is 23.2 Å². The molecule has 0 fully saturated rings. The number of hydrogen-bond acceptors (Lipinski definition) is 5. The number of aryl methyl sites for hydroxylation is 1. The average Bonchev–Trinajstić information content (AvgIpc) is 3.00. The number of aromatic nitrogens is 4. The fourth-order valence-corrected chi connectivity index (χ4v) is 2.70. The van der Waals surface area contributed by atoms with Gasteiger partial charge in [0.15, 0.2) is 5.82 Å². The molecule has 0 saturated carbocycles. The summed E-state index contributed by atoms with van der Waals surface area (Å²) in [5, 5.41) is 11.2. The van der Waals surface area contributed by atoms with Crippen molar-refractivity contribution in [3.8, 4) is 11.4 Å². The number of alkyl halides is 2. The average molecular weight is 347 g/mol.